The van der Waals surface area contributed by atoms with Gasteiger partial charge in [-0.15, -0.1) is 0 Å². The Kier molecular flexibility index (Phi) is 4.60. The smallest absolute Gasteiger partial charge is 0.222 e. The first-order valence-electron chi connectivity index (χ1n) is 8.18. The molecule has 5 N–H and O–H groups in total. The quantitative estimate of drug-likeness (QED) is 0.440. The lowest BCUT2D eigenvalue weighted by Crippen LogP contribution is -2.47. The van der Waals surface area contributed by atoms with Crippen LogP contribution in [0.5, 0.6) is 0 Å². The van der Waals surface area contributed by atoms with E-state index < -0.39 is 0 Å². The monoisotopic (exact) mass is 341 g/mol. The van der Waals surface area contributed by atoms with E-state index in [2.05, 4.69) is 24.9 Å². The summed E-state index contributed by atoms with van der Waals surface area (Å²) in [5.74, 6) is 0.640. The Morgan fingerprint density at radius 3 is 2.20 bits per heavy atom. The molecule has 0 unspecified atom stereocenters. The Morgan fingerprint density at radius 2 is 1.64 bits per heavy atom. The minimum absolute atomic E-state index is 0.208. The Morgan fingerprint density at radius 1 is 1.04 bits per heavy atom. The van der Waals surface area contributed by atoms with Crippen molar-refractivity contribution in [2.45, 2.75) is 13.8 Å². The Balaban J connectivity index is 1.70. The van der Waals surface area contributed by atoms with Gasteiger partial charge in [-0.2, -0.15) is 4.98 Å². The fraction of sp³-hybridized carbons (Fsp3) is 0.353. The van der Waals surface area contributed by atoms with E-state index in [0.717, 1.165) is 48.8 Å². The van der Waals surface area contributed by atoms with Crippen molar-refractivity contribution < 1.29 is 5.21 Å². The van der Waals surface area contributed by atoms with E-state index in [-0.39, 0.29) is 5.95 Å². The van der Waals surface area contributed by atoms with E-state index in [1.54, 1.807) is 6.92 Å². The molecule has 0 aliphatic carbocycles. The fourth-order valence-electron chi connectivity index (χ4n) is 3.16. The molecule has 3 rings (SSSR count). The van der Waals surface area contributed by atoms with Crippen molar-refractivity contribution in [3.8, 4) is 0 Å². The van der Waals surface area contributed by atoms with Crippen LogP contribution in [-0.2, 0) is 0 Å². The van der Waals surface area contributed by atoms with E-state index in [9.17, 15) is 0 Å². The highest BCUT2D eigenvalue weighted by atomic mass is 16.4. The highest BCUT2D eigenvalue weighted by molar-refractivity contribution is 5.98. The van der Waals surface area contributed by atoms with Crippen molar-refractivity contribution >= 4 is 28.9 Å². The van der Waals surface area contributed by atoms with Gasteiger partial charge < -0.3 is 26.5 Å². The molecule has 2 heterocycles. The van der Waals surface area contributed by atoms with Gasteiger partial charge >= 0.3 is 0 Å². The third kappa shape index (κ3) is 3.42. The summed E-state index contributed by atoms with van der Waals surface area (Å²) in [6.45, 7) is 7.08. The Labute approximate surface area is 146 Å². The maximum atomic E-state index is 8.85. The number of rotatable bonds is 3. The number of aromatic nitrogens is 2. The van der Waals surface area contributed by atoms with Crippen molar-refractivity contribution in [2.24, 2.45) is 5.16 Å². The zero-order chi connectivity index (χ0) is 18.0. The van der Waals surface area contributed by atoms with Crippen LogP contribution in [0.15, 0.2) is 29.4 Å². The molecule has 1 saturated heterocycles. The van der Waals surface area contributed by atoms with Gasteiger partial charge in [0.15, 0.2) is 5.82 Å². The van der Waals surface area contributed by atoms with Gasteiger partial charge in [-0.1, -0.05) is 17.3 Å². The molecule has 25 heavy (non-hydrogen) atoms. The minimum Gasteiger partial charge on any atom is -0.411 e. The number of hydrogen-bond acceptors (Lipinski definition) is 8. The van der Waals surface area contributed by atoms with Gasteiger partial charge in [0.2, 0.25) is 5.95 Å². The molecule has 0 radical (unpaired) electrons. The lowest BCUT2D eigenvalue weighted by atomic mass is 10.1. The summed E-state index contributed by atoms with van der Waals surface area (Å²) in [5, 5.41) is 12.1. The number of oxime groups is 1. The number of nitrogen functional groups attached to an aromatic ring is 2. The van der Waals surface area contributed by atoms with Crippen molar-refractivity contribution in [1.29, 1.82) is 0 Å². The SMILES string of the molecule is C/C(=N\O)c1ccc(N2CCN(c3c(C)nc(N)nc3N)CC2)cc1. The van der Waals surface area contributed by atoms with Crippen LogP contribution >= 0.6 is 0 Å². The summed E-state index contributed by atoms with van der Waals surface area (Å²) in [7, 11) is 0. The van der Waals surface area contributed by atoms with E-state index in [1.807, 2.05) is 31.2 Å². The first-order valence-corrected chi connectivity index (χ1v) is 8.18. The standard InChI is InChI=1S/C17H23N7O/c1-11(22-25)13-3-5-14(6-4-13)23-7-9-24(10-8-23)15-12(2)20-17(19)21-16(15)18/h3-6,25H,7-10H2,1-2H3,(H4,18,19,20,21)/b22-11+. The first-order chi connectivity index (χ1) is 12.0. The maximum Gasteiger partial charge on any atom is 0.222 e. The second-order valence-corrected chi connectivity index (χ2v) is 6.11. The second-order valence-electron chi connectivity index (χ2n) is 6.11. The summed E-state index contributed by atoms with van der Waals surface area (Å²) in [6, 6.07) is 8.02. The number of hydrogen-bond donors (Lipinski definition) is 3. The normalized spacial score (nSPS) is 15.5. The van der Waals surface area contributed by atoms with Crippen LogP contribution in [0.2, 0.25) is 0 Å². The van der Waals surface area contributed by atoms with Gasteiger partial charge in [-0.05, 0) is 31.5 Å². The topological polar surface area (TPSA) is 117 Å². The molecular formula is C17H23N7O. The molecular weight excluding hydrogens is 318 g/mol. The molecule has 8 nitrogen and oxygen atoms in total. The van der Waals surface area contributed by atoms with Crippen LogP contribution < -0.4 is 21.3 Å². The highest BCUT2D eigenvalue weighted by Crippen LogP contribution is 2.27. The number of anilines is 4. The van der Waals surface area contributed by atoms with Gasteiger partial charge in [0.05, 0.1) is 11.4 Å². The number of aryl methyl sites for hydroxylation is 1. The molecule has 1 aliphatic heterocycles. The van der Waals surface area contributed by atoms with Gasteiger partial charge in [-0.25, -0.2) is 4.98 Å². The molecule has 2 aromatic rings. The van der Waals surface area contributed by atoms with E-state index in [0.29, 0.717) is 11.5 Å². The highest BCUT2D eigenvalue weighted by Gasteiger charge is 2.22. The molecule has 132 valence electrons. The summed E-state index contributed by atoms with van der Waals surface area (Å²) in [5.41, 5.74) is 16.0. The lowest BCUT2D eigenvalue weighted by Gasteiger charge is -2.38. The number of nitrogens with zero attached hydrogens (tertiary/aromatic N) is 5. The van der Waals surface area contributed by atoms with E-state index in [4.69, 9.17) is 16.7 Å². The van der Waals surface area contributed by atoms with Crippen LogP contribution in [0, 0.1) is 6.92 Å². The van der Waals surface area contributed by atoms with Crippen molar-refractivity contribution in [3.63, 3.8) is 0 Å². The lowest BCUT2D eigenvalue weighted by molar-refractivity contribution is 0.319. The van der Waals surface area contributed by atoms with Gasteiger partial charge in [0.1, 0.15) is 5.69 Å². The zero-order valence-corrected chi connectivity index (χ0v) is 14.5. The van der Waals surface area contributed by atoms with E-state index >= 15 is 0 Å². The molecule has 0 spiro atoms. The molecule has 8 heteroatoms. The van der Waals surface area contributed by atoms with Gasteiger partial charge in [-0.3, -0.25) is 0 Å². The average molecular weight is 341 g/mol. The molecule has 0 atom stereocenters. The Bertz CT molecular complexity index is 757. The molecule has 1 aliphatic rings. The summed E-state index contributed by atoms with van der Waals surface area (Å²) < 4.78 is 0. The maximum absolute atomic E-state index is 8.85. The molecule has 0 saturated carbocycles. The molecule has 0 amide bonds. The number of piperazine rings is 1. The molecule has 1 aromatic heterocycles. The summed E-state index contributed by atoms with van der Waals surface area (Å²) in [4.78, 5) is 12.8. The molecule has 0 bridgehead atoms. The first kappa shape index (κ1) is 16.8. The van der Waals surface area contributed by atoms with Crippen LogP contribution in [-0.4, -0.2) is 47.1 Å². The van der Waals surface area contributed by atoms with Crippen LogP contribution in [0.4, 0.5) is 23.1 Å². The number of benzene rings is 1. The van der Waals surface area contributed by atoms with Crippen LogP contribution in [0.25, 0.3) is 0 Å². The van der Waals surface area contributed by atoms with Gasteiger partial charge in [0, 0.05) is 31.9 Å². The van der Waals surface area contributed by atoms with Crippen LogP contribution in [0.1, 0.15) is 18.2 Å². The third-order valence-electron chi connectivity index (χ3n) is 4.50. The third-order valence-corrected chi connectivity index (χ3v) is 4.50. The van der Waals surface area contributed by atoms with Crippen molar-refractivity contribution in [1.82, 2.24) is 9.97 Å². The molecule has 1 aromatic carbocycles. The summed E-state index contributed by atoms with van der Waals surface area (Å²) >= 11 is 0. The minimum atomic E-state index is 0.208. The largest absolute Gasteiger partial charge is 0.411 e. The predicted octanol–water partition coefficient (Wildman–Crippen LogP) is 1.47. The number of nitrogens with two attached hydrogens (primary N) is 2. The zero-order valence-electron chi connectivity index (χ0n) is 14.5. The average Bonchev–Trinajstić information content (AvgIpc) is 2.61. The van der Waals surface area contributed by atoms with Crippen LogP contribution in [0.3, 0.4) is 0 Å². The Hall–Kier alpha value is -3.03. The predicted molar refractivity (Wildman–Crippen MR) is 100 cm³/mol. The van der Waals surface area contributed by atoms with Gasteiger partial charge in [0.25, 0.3) is 0 Å². The molecule has 1 fully saturated rings. The summed E-state index contributed by atoms with van der Waals surface area (Å²) in [6.07, 6.45) is 0. The fourth-order valence-corrected chi connectivity index (χ4v) is 3.16. The van der Waals surface area contributed by atoms with Crippen molar-refractivity contribution in [2.75, 3.05) is 47.4 Å². The second kappa shape index (κ2) is 6.84. The van der Waals surface area contributed by atoms with E-state index in [1.165, 1.54) is 0 Å². The van der Waals surface area contributed by atoms with Crippen molar-refractivity contribution in [3.05, 3.63) is 35.5 Å².